The van der Waals surface area contributed by atoms with Crippen LogP contribution in [0.2, 0.25) is 0 Å². The summed E-state index contributed by atoms with van der Waals surface area (Å²) in [4.78, 5) is 38.0. The Bertz CT molecular complexity index is 1820. The zero-order valence-corrected chi connectivity index (χ0v) is 48.2. The normalized spacial score (nSPS) is 13.5. The van der Waals surface area contributed by atoms with Crippen molar-refractivity contribution >= 4 is 17.9 Å². The van der Waals surface area contributed by atoms with Crippen molar-refractivity contribution in [3.8, 4) is 0 Å². The molecule has 0 spiro atoms. The Hall–Kier alpha value is -5.49. The molecule has 6 heteroatoms. The van der Waals surface area contributed by atoms with Crippen LogP contribution in [0, 0.1) is 0 Å². The molecule has 0 radical (unpaired) electrons. The number of allylic oxidation sites excluding steroid dienone is 30. The highest BCUT2D eigenvalue weighted by atomic mass is 16.6. The molecule has 0 aromatic heterocycles. The lowest BCUT2D eigenvalue weighted by Crippen LogP contribution is -2.30. The van der Waals surface area contributed by atoms with Crippen LogP contribution in [0.1, 0.15) is 220 Å². The van der Waals surface area contributed by atoms with Crippen LogP contribution in [0.4, 0.5) is 0 Å². The highest BCUT2D eigenvalue weighted by Crippen LogP contribution is 2.12. The van der Waals surface area contributed by atoms with E-state index in [4.69, 9.17) is 14.2 Å². The first-order valence-corrected chi connectivity index (χ1v) is 29.8. The highest BCUT2D eigenvalue weighted by molar-refractivity contribution is 5.71. The fraction of sp³-hybridized carbons (Fsp3) is 0.529. The second-order valence-corrected chi connectivity index (χ2v) is 18.8. The summed E-state index contributed by atoms with van der Waals surface area (Å²) in [6.45, 7) is 6.27. The first-order valence-electron chi connectivity index (χ1n) is 29.8. The van der Waals surface area contributed by atoms with E-state index in [1.54, 1.807) is 0 Å². The topological polar surface area (TPSA) is 78.9 Å². The van der Waals surface area contributed by atoms with Crippen molar-refractivity contribution in [1.29, 1.82) is 0 Å². The molecule has 0 aromatic carbocycles. The van der Waals surface area contributed by atoms with Crippen LogP contribution in [0.5, 0.6) is 0 Å². The number of carbonyl (C=O) groups excluding carboxylic acids is 3. The van der Waals surface area contributed by atoms with Crippen molar-refractivity contribution in [2.75, 3.05) is 13.2 Å². The summed E-state index contributed by atoms with van der Waals surface area (Å²) in [5.74, 6) is -1.05. The van der Waals surface area contributed by atoms with Crippen LogP contribution in [-0.2, 0) is 28.6 Å². The number of unbranched alkanes of at least 4 members (excludes halogenated alkanes) is 10. The molecule has 0 bridgehead atoms. The van der Waals surface area contributed by atoms with Gasteiger partial charge in [0.25, 0.3) is 0 Å². The van der Waals surface area contributed by atoms with Crippen molar-refractivity contribution in [3.05, 3.63) is 182 Å². The van der Waals surface area contributed by atoms with Crippen LogP contribution >= 0.6 is 0 Å². The number of rotatable bonds is 51. The third kappa shape index (κ3) is 59.4. The first-order chi connectivity index (χ1) is 37.5. The average Bonchev–Trinajstić information content (AvgIpc) is 3.42. The van der Waals surface area contributed by atoms with Gasteiger partial charge in [-0.05, 0) is 135 Å². The molecule has 0 amide bonds. The van der Waals surface area contributed by atoms with Crippen LogP contribution in [-0.4, -0.2) is 37.2 Å². The van der Waals surface area contributed by atoms with Crippen LogP contribution in [0.15, 0.2) is 182 Å². The zero-order chi connectivity index (χ0) is 55.0. The van der Waals surface area contributed by atoms with Crippen molar-refractivity contribution in [1.82, 2.24) is 0 Å². The molecule has 0 heterocycles. The Morgan fingerprint density at radius 3 is 0.855 bits per heavy atom. The van der Waals surface area contributed by atoms with Gasteiger partial charge in [0, 0.05) is 19.3 Å². The van der Waals surface area contributed by atoms with Gasteiger partial charge >= 0.3 is 17.9 Å². The van der Waals surface area contributed by atoms with Crippen LogP contribution < -0.4 is 0 Å². The lowest BCUT2D eigenvalue weighted by atomic mass is 10.1. The van der Waals surface area contributed by atoms with Crippen molar-refractivity contribution in [3.63, 3.8) is 0 Å². The van der Waals surface area contributed by atoms with E-state index >= 15 is 0 Å². The number of hydrogen-bond donors (Lipinski definition) is 0. The molecule has 0 aliphatic carbocycles. The van der Waals surface area contributed by atoms with E-state index in [9.17, 15) is 14.4 Å². The zero-order valence-electron chi connectivity index (χ0n) is 48.2. The summed E-state index contributed by atoms with van der Waals surface area (Å²) in [5, 5.41) is 0. The molecular weight excluding hydrogens is 937 g/mol. The number of esters is 3. The van der Waals surface area contributed by atoms with E-state index in [0.717, 1.165) is 135 Å². The van der Waals surface area contributed by atoms with E-state index in [1.807, 2.05) is 0 Å². The van der Waals surface area contributed by atoms with Crippen molar-refractivity contribution < 1.29 is 28.6 Å². The quantitative estimate of drug-likeness (QED) is 0.0261. The predicted octanol–water partition coefficient (Wildman–Crippen LogP) is 20.5. The molecule has 0 aliphatic rings. The van der Waals surface area contributed by atoms with Gasteiger partial charge in [0.2, 0.25) is 0 Å². The summed E-state index contributed by atoms with van der Waals surface area (Å²) < 4.78 is 16.7. The maximum absolute atomic E-state index is 12.8. The Kier molecular flexibility index (Phi) is 57.6. The summed E-state index contributed by atoms with van der Waals surface area (Å²) in [7, 11) is 0. The molecule has 0 aliphatic heterocycles. The molecule has 0 N–H and O–H groups in total. The maximum Gasteiger partial charge on any atom is 0.306 e. The molecule has 0 aromatic rings. The van der Waals surface area contributed by atoms with E-state index in [1.165, 1.54) is 32.1 Å². The van der Waals surface area contributed by atoms with Gasteiger partial charge in [-0.1, -0.05) is 248 Å². The van der Waals surface area contributed by atoms with E-state index in [-0.39, 0.29) is 44.0 Å². The maximum atomic E-state index is 12.8. The van der Waals surface area contributed by atoms with Gasteiger partial charge in [-0.25, -0.2) is 0 Å². The Balaban J connectivity index is 4.44. The Morgan fingerprint density at radius 1 is 0.276 bits per heavy atom. The fourth-order valence-corrected chi connectivity index (χ4v) is 7.27. The Morgan fingerprint density at radius 2 is 0.526 bits per heavy atom. The first kappa shape index (κ1) is 70.5. The minimum atomic E-state index is -0.833. The molecule has 0 saturated heterocycles. The molecule has 76 heavy (non-hydrogen) atoms. The molecule has 0 rings (SSSR count). The highest BCUT2D eigenvalue weighted by Gasteiger charge is 2.19. The molecule has 1 atom stereocenters. The smallest absolute Gasteiger partial charge is 0.306 e. The van der Waals surface area contributed by atoms with Crippen molar-refractivity contribution in [2.45, 2.75) is 226 Å². The number of hydrogen-bond acceptors (Lipinski definition) is 6. The number of ether oxygens (including phenoxy) is 3. The SMILES string of the molecule is CC/C=C\C/C=C\C/C=C\C/C=C\C/C=C\C/C=C\C/C=C\C/C=C\C/C=C\CCCC(=O)OCC(COC(=O)CCCCCCCCCC)OC(=O)CCCC/C=C\C/C=C\C/C=C\C/C=C\C/C=C\C/C=C\CC. The van der Waals surface area contributed by atoms with Gasteiger partial charge in [-0.2, -0.15) is 0 Å². The average molecular weight is 1040 g/mol. The summed E-state index contributed by atoms with van der Waals surface area (Å²) in [6, 6.07) is 0. The molecule has 422 valence electrons. The molecule has 0 saturated carbocycles. The van der Waals surface area contributed by atoms with Crippen molar-refractivity contribution in [2.24, 2.45) is 0 Å². The molecular formula is C70H106O6. The predicted molar refractivity (Wildman–Crippen MR) is 329 cm³/mol. The third-order valence-corrected chi connectivity index (χ3v) is 11.7. The second kappa shape index (κ2) is 62.1. The fourth-order valence-electron chi connectivity index (χ4n) is 7.27. The Labute approximate surface area is 465 Å². The van der Waals surface area contributed by atoms with Gasteiger partial charge in [0.1, 0.15) is 13.2 Å². The van der Waals surface area contributed by atoms with E-state index in [0.29, 0.717) is 19.3 Å². The largest absolute Gasteiger partial charge is 0.462 e. The minimum absolute atomic E-state index is 0.122. The van der Waals surface area contributed by atoms with Crippen LogP contribution in [0.3, 0.4) is 0 Å². The summed E-state index contributed by atoms with van der Waals surface area (Å²) in [5.41, 5.74) is 0. The van der Waals surface area contributed by atoms with Gasteiger partial charge in [0.15, 0.2) is 6.10 Å². The minimum Gasteiger partial charge on any atom is -0.462 e. The lowest BCUT2D eigenvalue weighted by Gasteiger charge is -2.18. The van der Waals surface area contributed by atoms with Gasteiger partial charge in [-0.3, -0.25) is 14.4 Å². The second-order valence-electron chi connectivity index (χ2n) is 18.8. The van der Waals surface area contributed by atoms with Gasteiger partial charge in [-0.15, -0.1) is 0 Å². The summed E-state index contributed by atoms with van der Waals surface area (Å²) >= 11 is 0. The van der Waals surface area contributed by atoms with E-state index in [2.05, 4.69) is 203 Å². The number of carbonyl (C=O) groups is 3. The standard InChI is InChI=1S/C70H106O6/c1-4-7-10-13-16-19-21-23-25-27-29-31-32-33-34-35-36-37-38-40-41-43-45-47-49-51-54-57-60-63-69(72)75-66-67(65-74-68(71)62-59-56-53-18-15-12-9-6-3)76-70(73)64-61-58-55-52-50-48-46-44-42-39-30-28-26-24-22-20-17-14-11-8-5-2/h7-8,10-11,16-17,19-20,23-26,29-31,33-34,36-37,39-41,44-47,50-52,54,67H,4-6,9,12-15,18,21-22,27-28,32,35,38,42-43,48-49,53,55-66H2,1-3H3/b10-7-,11-8-,19-16-,20-17-,25-23-,26-24-,31-29-,34-33-,37-36-,39-30-,41-40-,46-44-,47-45-,52-50-,54-51-. The lowest BCUT2D eigenvalue weighted by molar-refractivity contribution is -0.167. The third-order valence-electron chi connectivity index (χ3n) is 11.7. The van der Waals surface area contributed by atoms with Crippen LogP contribution in [0.25, 0.3) is 0 Å². The summed E-state index contributed by atoms with van der Waals surface area (Å²) in [6.07, 6.45) is 93.4. The molecule has 0 fully saturated rings. The molecule has 1 unspecified atom stereocenters. The van der Waals surface area contributed by atoms with Gasteiger partial charge < -0.3 is 14.2 Å². The monoisotopic (exact) mass is 1040 g/mol. The molecule has 6 nitrogen and oxygen atoms in total. The van der Waals surface area contributed by atoms with Gasteiger partial charge in [0.05, 0.1) is 0 Å². The van der Waals surface area contributed by atoms with E-state index < -0.39 is 6.10 Å².